The van der Waals surface area contributed by atoms with Crippen LogP contribution in [0.2, 0.25) is 0 Å². The van der Waals surface area contributed by atoms with Crippen molar-refractivity contribution in [3.8, 4) is 28.4 Å². The average molecular weight is 433 g/mol. The van der Waals surface area contributed by atoms with Crippen LogP contribution in [0.3, 0.4) is 0 Å². The van der Waals surface area contributed by atoms with E-state index >= 15 is 0 Å². The number of aromatic hydroxyl groups is 1. The first-order chi connectivity index (χ1) is 15.2. The van der Waals surface area contributed by atoms with Crippen molar-refractivity contribution in [1.29, 1.82) is 0 Å². The van der Waals surface area contributed by atoms with Crippen molar-refractivity contribution in [2.75, 3.05) is 12.1 Å². The summed E-state index contributed by atoms with van der Waals surface area (Å²) in [5, 5.41) is 13.0. The van der Waals surface area contributed by atoms with Crippen LogP contribution in [-0.4, -0.2) is 29.4 Å². The zero-order valence-electron chi connectivity index (χ0n) is 18.0. The Bertz CT molecular complexity index is 1180. The van der Waals surface area contributed by atoms with E-state index in [1.807, 2.05) is 30.3 Å². The van der Waals surface area contributed by atoms with E-state index in [4.69, 9.17) is 14.2 Å². The second-order valence-electron chi connectivity index (χ2n) is 8.31. The summed E-state index contributed by atoms with van der Waals surface area (Å²) in [5.41, 5.74) is 1.49. The van der Waals surface area contributed by atoms with E-state index in [2.05, 4.69) is 5.32 Å². The van der Waals surface area contributed by atoms with E-state index in [0.29, 0.717) is 11.5 Å². The van der Waals surface area contributed by atoms with Crippen LogP contribution in [0.4, 0.5) is 5.69 Å². The van der Waals surface area contributed by atoms with Crippen LogP contribution in [-0.2, 0) is 4.74 Å². The van der Waals surface area contributed by atoms with Gasteiger partial charge in [-0.1, -0.05) is 36.4 Å². The first-order valence-corrected chi connectivity index (χ1v) is 10.1. The van der Waals surface area contributed by atoms with Gasteiger partial charge in [-0.3, -0.25) is 4.79 Å². The molecule has 1 heterocycles. The quantitative estimate of drug-likeness (QED) is 0.563. The van der Waals surface area contributed by atoms with Gasteiger partial charge in [0.15, 0.2) is 11.5 Å². The summed E-state index contributed by atoms with van der Waals surface area (Å²) in [6.07, 6.45) is 0. The van der Waals surface area contributed by atoms with Crippen LogP contribution in [0.1, 0.15) is 41.5 Å². The molecule has 1 aliphatic rings. The Hall–Kier alpha value is -4.00. The molecule has 3 aromatic carbocycles. The minimum atomic E-state index is -0.702. The number of hydrogen-bond donors (Lipinski definition) is 2. The molecular weight excluding hydrogens is 410 g/mol. The Morgan fingerprint density at radius 3 is 2.28 bits per heavy atom. The predicted molar refractivity (Wildman–Crippen MR) is 119 cm³/mol. The zero-order valence-corrected chi connectivity index (χ0v) is 18.0. The summed E-state index contributed by atoms with van der Waals surface area (Å²) < 4.78 is 16.0. The number of fused-ring (bicyclic) bond motifs is 1. The largest absolute Gasteiger partial charge is 0.507 e. The standard InChI is InChI=1S/C25H23NO6/c1-25(2,3)32-24(29)17-10-9-16(15-7-5-4-6-8-15)11-19(17)26-23(28)18-12-21-22(13-20(18)27)31-14-30-21/h4-13,27H,14H2,1-3H3,(H,26,28). The number of rotatable bonds is 4. The van der Waals surface area contributed by atoms with E-state index in [-0.39, 0.29) is 29.4 Å². The molecule has 1 amide bonds. The number of phenolic OH excluding ortho intramolecular Hbond substituents is 1. The summed E-state index contributed by atoms with van der Waals surface area (Å²) in [6.45, 7) is 5.33. The monoisotopic (exact) mass is 433 g/mol. The molecule has 3 aromatic rings. The maximum atomic E-state index is 13.0. The van der Waals surface area contributed by atoms with Gasteiger partial charge in [0, 0.05) is 12.1 Å². The van der Waals surface area contributed by atoms with Crippen LogP contribution in [0.25, 0.3) is 11.1 Å². The van der Waals surface area contributed by atoms with Gasteiger partial charge in [-0.15, -0.1) is 0 Å². The molecule has 0 atom stereocenters. The fourth-order valence-electron chi connectivity index (χ4n) is 3.27. The van der Waals surface area contributed by atoms with E-state index in [1.54, 1.807) is 39.0 Å². The molecule has 0 spiro atoms. The van der Waals surface area contributed by atoms with Crippen molar-refractivity contribution < 1.29 is 28.9 Å². The van der Waals surface area contributed by atoms with Gasteiger partial charge in [-0.2, -0.15) is 0 Å². The number of nitrogens with one attached hydrogen (secondary N) is 1. The molecule has 4 rings (SSSR count). The first-order valence-electron chi connectivity index (χ1n) is 10.1. The third kappa shape index (κ3) is 4.51. The Morgan fingerprint density at radius 2 is 1.59 bits per heavy atom. The lowest BCUT2D eigenvalue weighted by molar-refractivity contribution is 0.00707. The van der Waals surface area contributed by atoms with Crippen LogP contribution >= 0.6 is 0 Å². The maximum Gasteiger partial charge on any atom is 0.340 e. The topological polar surface area (TPSA) is 94.1 Å². The molecule has 0 saturated heterocycles. The smallest absolute Gasteiger partial charge is 0.340 e. The van der Waals surface area contributed by atoms with Crippen molar-refractivity contribution in [2.24, 2.45) is 0 Å². The minimum absolute atomic E-state index is 0.00509. The number of carbonyl (C=O) groups is 2. The van der Waals surface area contributed by atoms with E-state index in [9.17, 15) is 14.7 Å². The highest BCUT2D eigenvalue weighted by Gasteiger charge is 2.24. The van der Waals surface area contributed by atoms with Crippen LogP contribution in [0.5, 0.6) is 17.2 Å². The molecule has 0 radical (unpaired) electrons. The molecule has 7 nitrogen and oxygen atoms in total. The Morgan fingerprint density at radius 1 is 0.906 bits per heavy atom. The molecular formula is C25H23NO6. The molecule has 0 aliphatic carbocycles. The summed E-state index contributed by atoms with van der Waals surface area (Å²) in [5.74, 6) is -0.708. The number of hydrogen-bond acceptors (Lipinski definition) is 6. The number of amides is 1. The molecule has 0 aromatic heterocycles. The molecule has 2 N–H and O–H groups in total. The lowest BCUT2D eigenvalue weighted by Gasteiger charge is -2.21. The Balaban J connectivity index is 1.71. The van der Waals surface area contributed by atoms with E-state index in [0.717, 1.165) is 11.1 Å². The maximum absolute atomic E-state index is 13.0. The first kappa shape index (κ1) is 21.2. The molecule has 0 fully saturated rings. The molecule has 0 bridgehead atoms. The second-order valence-corrected chi connectivity index (χ2v) is 8.31. The molecule has 164 valence electrons. The van der Waals surface area contributed by atoms with Gasteiger partial charge in [0.1, 0.15) is 11.4 Å². The SMILES string of the molecule is CC(C)(C)OC(=O)c1ccc(-c2ccccc2)cc1NC(=O)c1cc2c(cc1O)OCO2. The summed E-state index contributed by atoms with van der Waals surface area (Å²) >= 11 is 0. The number of phenols is 1. The number of benzene rings is 3. The molecule has 32 heavy (non-hydrogen) atoms. The van der Waals surface area contributed by atoms with E-state index in [1.165, 1.54) is 12.1 Å². The molecule has 0 unspecified atom stereocenters. The average Bonchev–Trinajstić information content (AvgIpc) is 3.19. The van der Waals surface area contributed by atoms with Crippen molar-refractivity contribution in [3.05, 3.63) is 71.8 Å². The summed E-state index contributed by atoms with van der Waals surface area (Å²) in [7, 11) is 0. The third-order valence-corrected chi connectivity index (χ3v) is 4.73. The van der Waals surface area contributed by atoms with Gasteiger partial charge in [-0.05, 0) is 44.0 Å². The van der Waals surface area contributed by atoms with Crippen molar-refractivity contribution >= 4 is 17.6 Å². The van der Waals surface area contributed by atoms with Gasteiger partial charge in [0.25, 0.3) is 5.91 Å². The normalized spacial score (nSPS) is 12.3. The van der Waals surface area contributed by atoms with Gasteiger partial charge < -0.3 is 24.6 Å². The van der Waals surface area contributed by atoms with Gasteiger partial charge in [-0.25, -0.2) is 4.79 Å². The lowest BCUT2D eigenvalue weighted by atomic mass is 10.0. The number of anilines is 1. The van der Waals surface area contributed by atoms with Gasteiger partial charge in [0.05, 0.1) is 16.8 Å². The number of carbonyl (C=O) groups excluding carboxylic acids is 2. The van der Waals surface area contributed by atoms with Crippen molar-refractivity contribution in [1.82, 2.24) is 0 Å². The lowest BCUT2D eigenvalue weighted by Crippen LogP contribution is -2.25. The third-order valence-electron chi connectivity index (χ3n) is 4.73. The van der Waals surface area contributed by atoms with E-state index < -0.39 is 17.5 Å². The van der Waals surface area contributed by atoms with Crippen molar-refractivity contribution in [3.63, 3.8) is 0 Å². The van der Waals surface area contributed by atoms with Crippen molar-refractivity contribution in [2.45, 2.75) is 26.4 Å². The number of ether oxygens (including phenoxy) is 3. The zero-order chi connectivity index (χ0) is 22.9. The highest BCUT2D eigenvalue weighted by Crippen LogP contribution is 2.38. The molecule has 0 saturated carbocycles. The molecule has 1 aliphatic heterocycles. The Labute approximate surface area is 185 Å². The highest BCUT2D eigenvalue weighted by molar-refractivity contribution is 6.10. The summed E-state index contributed by atoms with van der Waals surface area (Å²) in [4.78, 5) is 25.8. The van der Waals surface area contributed by atoms with Crippen LogP contribution in [0.15, 0.2) is 60.7 Å². The van der Waals surface area contributed by atoms with Crippen LogP contribution < -0.4 is 14.8 Å². The van der Waals surface area contributed by atoms with Gasteiger partial charge >= 0.3 is 5.97 Å². The van der Waals surface area contributed by atoms with Crippen LogP contribution in [0, 0.1) is 0 Å². The number of esters is 1. The minimum Gasteiger partial charge on any atom is -0.507 e. The van der Waals surface area contributed by atoms with Gasteiger partial charge in [0.2, 0.25) is 6.79 Å². The fraction of sp³-hybridized carbons (Fsp3) is 0.200. The Kier molecular flexibility index (Phi) is 5.48. The highest BCUT2D eigenvalue weighted by atomic mass is 16.7. The summed E-state index contributed by atoms with van der Waals surface area (Å²) in [6, 6.07) is 17.4. The predicted octanol–water partition coefficient (Wildman–Crippen LogP) is 5.00. The molecule has 7 heteroatoms. The fourth-order valence-corrected chi connectivity index (χ4v) is 3.27. The second kappa shape index (κ2) is 8.26.